The maximum Gasteiger partial charge on any atom is 0.191 e. The molecule has 0 aliphatic carbocycles. The predicted molar refractivity (Wildman–Crippen MR) is 102 cm³/mol. The molecule has 146 valence electrons. The van der Waals surface area contributed by atoms with Gasteiger partial charge in [0, 0.05) is 25.4 Å². The van der Waals surface area contributed by atoms with Crippen LogP contribution in [-0.4, -0.2) is 45.0 Å². The van der Waals surface area contributed by atoms with Crippen molar-refractivity contribution in [1.29, 1.82) is 0 Å². The van der Waals surface area contributed by atoms with Crippen molar-refractivity contribution in [3.8, 4) is 0 Å². The molecule has 1 aromatic heterocycles. The molecule has 0 fully saturated rings. The molecule has 0 spiro atoms. The van der Waals surface area contributed by atoms with Gasteiger partial charge in [0.25, 0.3) is 0 Å². The molecular formula is C19H27FN6O. The van der Waals surface area contributed by atoms with Crippen LogP contribution in [0.2, 0.25) is 0 Å². The number of aromatic nitrogens is 3. The fraction of sp³-hybridized carbons (Fsp3) is 0.526. The van der Waals surface area contributed by atoms with Crippen molar-refractivity contribution in [3.05, 3.63) is 47.3 Å². The number of hydrogen-bond acceptors (Lipinski definition) is 4. The Morgan fingerprint density at radius 2 is 2.15 bits per heavy atom. The van der Waals surface area contributed by atoms with Gasteiger partial charge in [0.05, 0.1) is 19.2 Å². The molecule has 1 aromatic carbocycles. The Kier molecular flexibility index (Phi) is 6.39. The second kappa shape index (κ2) is 8.94. The summed E-state index contributed by atoms with van der Waals surface area (Å²) in [6.07, 6.45) is 1.89. The van der Waals surface area contributed by atoms with Crippen molar-refractivity contribution in [3.63, 3.8) is 0 Å². The normalized spacial score (nSPS) is 18.1. The SMILES string of the molecule is CCNC(=NCC(O)c1ccc(F)cc1)NC1CCc2nc(CC)nn2C1. The third-order valence-corrected chi connectivity index (χ3v) is 4.58. The molecule has 0 radical (unpaired) electrons. The molecule has 0 amide bonds. The van der Waals surface area contributed by atoms with Crippen molar-refractivity contribution in [2.75, 3.05) is 13.1 Å². The second-order valence-electron chi connectivity index (χ2n) is 6.65. The highest BCUT2D eigenvalue weighted by molar-refractivity contribution is 5.80. The van der Waals surface area contributed by atoms with E-state index in [2.05, 4.69) is 32.6 Å². The van der Waals surface area contributed by atoms with E-state index in [4.69, 9.17) is 0 Å². The molecule has 27 heavy (non-hydrogen) atoms. The van der Waals surface area contributed by atoms with Crippen molar-refractivity contribution in [1.82, 2.24) is 25.4 Å². The summed E-state index contributed by atoms with van der Waals surface area (Å²) in [7, 11) is 0. The molecule has 2 aromatic rings. The Morgan fingerprint density at radius 3 is 2.85 bits per heavy atom. The highest BCUT2D eigenvalue weighted by atomic mass is 19.1. The fourth-order valence-corrected chi connectivity index (χ4v) is 3.11. The van der Waals surface area contributed by atoms with Gasteiger partial charge in [-0.15, -0.1) is 0 Å². The number of hydrogen-bond donors (Lipinski definition) is 3. The summed E-state index contributed by atoms with van der Waals surface area (Å²) in [5.41, 5.74) is 0.646. The van der Waals surface area contributed by atoms with E-state index in [0.29, 0.717) is 11.5 Å². The number of guanidine groups is 1. The number of aliphatic imine (C=N–C) groups is 1. The summed E-state index contributed by atoms with van der Waals surface area (Å²) in [5.74, 6) is 2.26. The van der Waals surface area contributed by atoms with Crippen LogP contribution in [0.4, 0.5) is 4.39 Å². The van der Waals surface area contributed by atoms with Crippen LogP contribution in [0, 0.1) is 5.82 Å². The fourth-order valence-electron chi connectivity index (χ4n) is 3.11. The van der Waals surface area contributed by atoms with E-state index in [-0.39, 0.29) is 18.4 Å². The van der Waals surface area contributed by atoms with Crippen molar-refractivity contribution in [2.45, 2.75) is 51.8 Å². The highest BCUT2D eigenvalue weighted by Crippen LogP contribution is 2.15. The van der Waals surface area contributed by atoms with Gasteiger partial charge in [-0.1, -0.05) is 19.1 Å². The average Bonchev–Trinajstić information content (AvgIpc) is 3.09. The molecule has 0 saturated carbocycles. The maximum absolute atomic E-state index is 13.0. The number of rotatable bonds is 6. The average molecular weight is 374 g/mol. The molecule has 3 rings (SSSR count). The van der Waals surface area contributed by atoms with Gasteiger partial charge in [-0.05, 0) is 31.0 Å². The first-order chi connectivity index (χ1) is 13.1. The Balaban J connectivity index is 1.61. The molecule has 2 unspecified atom stereocenters. The minimum atomic E-state index is -0.776. The zero-order valence-electron chi connectivity index (χ0n) is 15.8. The molecule has 0 saturated heterocycles. The Morgan fingerprint density at radius 1 is 1.37 bits per heavy atom. The standard InChI is InChI=1S/C19H27FN6O/c1-3-17-24-18-10-9-15(12-26(18)25-17)23-19(21-4-2)22-11-16(27)13-5-7-14(20)8-6-13/h5-8,15-16,27H,3-4,9-12H2,1-2H3,(H2,21,22,23). The van der Waals surface area contributed by atoms with E-state index < -0.39 is 6.10 Å². The smallest absolute Gasteiger partial charge is 0.191 e. The van der Waals surface area contributed by atoms with Gasteiger partial charge in [-0.2, -0.15) is 5.10 Å². The van der Waals surface area contributed by atoms with Crippen LogP contribution < -0.4 is 10.6 Å². The van der Waals surface area contributed by atoms with Crippen molar-refractivity contribution < 1.29 is 9.50 Å². The molecule has 2 heterocycles. The first-order valence-corrected chi connectivity index (χ1v) is 9.50. The number of nitrogens with one attached hydrogen (secondary N) is 2. The van der Waals surface area contributed by atoms with Crippen LogP contribution in [-0.2, 0) is 19.4 Å². The van der Waals surface area contributed by atoms with Crippen LogP contribution in [0.5, 0.6) is 0 Å². The van der Waals surface area contributed by atoms with Crippen LogP contribution in [0.15, 0.2) is 29.3 Å². The molecule has 2 atom stereocenters. The first-order valence-electron chi connectivity index (χ1n) is 9.50. The summed E-state index contributed by atoms with van der Waals surface area (Å²) in [6.45, 7) is 5.71. The van der Waals surface area contributed by atoms with E-state index in [1.807, 2.05) is 11.6 Å². The van der Waals surface area contributed by atoms with E-state index in [1.165, 1.54) is 12.1 Å². The van der Waals surface area contributed by atoms with E-state index >= 15 is 0 Å². The monoisotopic (exact) mass is 374 g/mol. The number of halogens is 1. The summed E-state index contributed by atoms with van der Waals surface area (Å²) in [4.78, 5) is 9.03. The minimum absolute atomic E-state index is 0.197. The van der Waals surface area contributed by atoms with Gasteiger partial charge in [0.15, 0.2) is 11.8 Å². The summed E-state index contributed by atoms with van der Waals surface area (Å²) in [6, 6.07) is 6.04. The number of aliphatic hydroxyl groups is 1. The number of fused-ring (bicyclic) bond motifs is 1. The van der Waals surface area contributed by atoms with Crippen LogP contribution in [0.3, 0.4) is 0 Å². The predicted octanol–water partition coefficient (Wildman–Crippen LogP) is 1.58. The molecule has 7 nitrogen and oxygen atoms in total. The zero-order valence-corrected chi connectivity index (χ0v) is 15.8. The Hall–Kier alpha value is -2.48. The van der Waals surface area contributed by atoms with E-state index in [0.717, 1.165) is 44.0 Å². The van der Waals surface area contributed by atoms with Crippen LogP contribution >= 0.6 is 0 Å². The largest absolute Gasteiger partial charge is 0.386 e. The third-order valence-electron chi connectivity index (χ3n) is 4.58. The molecule has 8 heteroatoms. The lowest BCUT2D eigenvalue weighted by Crippen LogP contribution is -2.47. The summed E-state index contributed by atoms with van der Waals surface area (Å²) in [5, 5.41) is 21.4. The highest BCUT2D eigenvalue weighted by Gasteiger charge is 2.22. The quantitative estimate of drug-likeness (QED) is 0.528. The lowest BCUT2D eigenvalue weighted by molar-refractivity contribution is 0.187. The lowest BCUT2D eigenvalue weighted by atomic mass is 10.1. The zero-order chi connectivity index (χ0) is 19.2. The molecule has 1 aliphatic heterocycles. The van der Waals surface area contributed by atoms with Gasteiger partial charge in [-0.25, -0.2) is 14.1 Å². The molecule has 0 bridgehead atoms. The van der Waals surface area contributed by atoms with Gasteiger partial charge in [0.1, 0.15) is 11.6 Å². The molecule has 1 aliphatic rings. The van der Waals surface area contributed by atoms with Crippen LogP contribution in [0.25, 0.3) is 0 Å². The van der Waals surface area contributed by atoms with Gasteiger partial charge >= 0.3 is 0 Å². The number of aryl methyl sites for hydroxylation is 2. The number of aliphatic hydroxyl groups excluding tert-OH is 1. The summed E-state index contributed by atoms with van der Waals surface area (Å²) >= 11 is 0. The Labute approximate surface area is 158 Å². The number of benzene rings is 1. The molecular weight excluding hydrogens is 347 g/mol. The third kappa shape index (κ3) is 5.03. The van der Waals surface area contributed by atoms with Gasteiger partial charge in [-0.3, -0.25) is 4.99 Å². The van der Waals surface area contributed by atoms with E-state index in [1.54, 1.807) is 12.1 Å². The first kappa shape index (κ1) is 19.3. The van der Waals surface area contributed by atoms with Crippen molar-refractivity contribution in [2.24, 2.45) is 4.99 Å². The van der Waals surface area contributed by atoms with Crippen LogP contribution in [0.1, 0.15) is 43.6 Å². The topological polar surface area (TPSA) is 87.4 Å². The lowest BCUT2D eigenvalue weighted by Gasteiger charge is -2.25. The van der Waals surface area contributed by atoms with E-state index in [9.17, 15) is 9.50 Å². The summed E-state index contributed by atoms with van der Waals surface area (Å²) < 4.78 is 15.0. The van der Waals surface area contributed by atoms with Gasteiger partial charge in [0.2, 0.25) is 0 Å². The number of nitrogens with zero attached hydrogens (tertiary/aromatic N) is 4. The van der Waals surface area contributed by atoms with Crippen molar-refractivity contribution >= 4 is 5.96 Å². The minimum Gasteiger partial charge on any atom is -0.386 e. The second-order valence-corrected chi connectivity index (χ2v) is 6.65. The maximum atomic E-state index is 13.0. The molecule has 3 N–H and O–H groups in total. The van der Waals surface area contributed by atoms with Gasteiger partial charge < -0.3 is 15.7 Å². The Bertz CT molecular complexity index is 773.